The van der Waals surface area contributed by atoms with Crippen molar-refractivity contribution in [2.75, 3.05) is 13.3 Å². The molecule has 0 aliphatic heterocycles. The predicted octanol–water partition coefficient (Wildman–Crippen LogP) is 3.62. The Bertz CT molecular complexity index is 434. The summed E-state index contributed by atoms with van der Waals surface area (Å²) in [5.74, 6) is 0.930. The highest BCUT2D eigenvalue weighted by atomic mass is 127. The molecule has 2 rings (SSSR count). The second kappa shape index (κ2) is 9.15. The number of nitrogens with zero attached hydrogens (tertiary/aromatic N) is 1. The molecule has 1 fully saturated rings. The van der Waals surface area contributed by atoms with E-state index in [9.17, 15) is 0 Å². The predicted molar refractivity (Wildman–Crippen MR) is 103 cm³/mol. The van der Waals surface area contributed by atoms with Gasteiger partial charge < -0.3 is 10.6 Å². The number of halogens is 1. The van der Waals surface area contributed by atoms with Gasteiger partial charge in [0.05, 0.1) is 6.54 Å². The number of aliphatic imine (C=N–C) groups is 1. The Morgan fingerprint density at radius 2 is 2.30 bits per heavy atom. The van der Waals surface area contributed by atoms with E-state index in [2.05, 4.69) is 40.3 Å². The van der Waals surface area contributed by atoms with Crippen molar-refractivity contribution in [1.82, 2.24) is 10.6 Å². The fraction of sp³-hybridized carbons (Fsp3) is 0.643. The average Bonchev–Trinajstić information content (AvgIpc) is 3.03. The molecule has 0 bridgehead atoms. The van der Waals surface area contributed by atoms with Crippen LogP contribution >= 0.6 is 47.1 Å². The Kier molecular flexibility index (Phi) is 8.28. The summed E-state index contributed by atoms with van der Waals surface area (Å²) in [6, 6.07) is 2.74. The van der Waals surface area contributed by atoms with E-state index in [0.717, 1.165) is 17.8 Å². The Hall–Kier alpha value is 0.0500. The summed E-state index contributed by atoms with van der Waals surface area (Å²) < 4.78 is 0. The van der Waals surface area contributed by atoms with Crippen LogP contribution < -0.4 is 10.6 Å². The van der Waals surface area contributed by atoms with Gasteiger partial charge in [0.2, 0.25) is 0 Å². The normalized spacial score (nSPS) is 22.4. The zero-order valence-electron chi connectivity index (χ0n) is 12.3. The second-order valence-corrected chi connectivity index (χ2v) is 7.10. The Morgan fingerprint density at radius 3 is 2.85 bits per heavy atom. The third-order valence-electron chi connectivity index (χ3n) is 3.67. The Morgan fingerprint density at radius 1 is 1.50 bits per heavy atom. The summed E-state index contributed by atoms with van der Waals surface area (Å²) in [6.07, 6.45) is 6.03. The maximum Gasteiger partial charge on any atom is 0.191 e. The molecule has 0 amide bonds. The monoisotopic (exact) mass is 425 g/mol. The number of hydrogen-bond donors (Lipinski definition) is 2. The number of nitrogens with one attached hydrogen (secondary N) is 2. The average molecular weight is 425 g/mol. The van der Waals surface area contributed by atoms with Gasteiger partial charge in [-0.25, -0.2) is 0 Å². The van der Waals surface area contributed by atoms with Crippen LogP contribution in [0.1, 0.15) is 29.7 Å². The van der Waals surface area contributed by atoms with E-state index >= 15 is 0 Å². The SMILES string of the molecule is CN=C(NCc1sccc1C)NC1CCC(SC)C1.I. The van der Waals surface area contributed by atoms with Gasteiger partial charge in [-0.2, -0.15) is 11.8 Å². The van der Waals surface area contributed by atoms with Crippen LogP contribution in [0.2, 0.25) is 0 Å². The molecular weight excluding hydrogens is 401 g/mol. The topological polar surface area (TPSA) is 36.4 Å². The van der Waals surface area contributed by atoms with E-state index in [0.29, 0.717) is 6.04 Å². The molecule has 20 heavy (non-hydrogen) atoms. The maximum absolute atomic E-state index is 4.32. The van der Waals surface area contributed by atoms with Gasteiger partial charge in [-0.1, -0.05) is 0 Å². The van der Waals surface area contributed by atoms with Gasteiger partial charge >= 0.3 is 0 Å². The summed E-state index contributed by atoms with van der Waals surface area (Å²) >= 11 is 3.79. The lowest BCUT2D eigenvalue weighted by Crippen LogP contribution is -2.42. The van der Waals surface area contributed by atoms with Crippen LogP contribution in [0, 0.1) is 6.92 Å². The number of guanidine groups is 1. The van der Waals surface area contributed by atoms with Crippen LogP contribution in [0.4, 0.5) is 0 Å². The minimum atomic E-state index is 0. The van der Waals surface area contributed by atoms with Crippen molar-refractivity contribution < 1.29 is 0 Å². The first-order valence-electron chi connectivity index (χ1n) is 6.76. The minimum Gasteiger partial charge on any atom is -0.354 e. The van der Waals surface area contributed by atoms with Gasteiger partial charge in [-0.15, -0.1) is 35.3 Å². The second-order valence-electron chi connectivity index (χ2n) is 4.96. The lowest BCUT2D eigenvalue weighted by Gasteiger charge is -2.17. The van der Waals surface area contributed by atoms with Gasteiger partial charge in [0.1, 0.15) is 0 Å². The lowest BCUT2D eigenvalue weighted by atomic mass is 10.2. The van der Waals surface area contributed by atoms with E-state index in [1.807, 2.05) is 18.8 Å². The van der Waals surface area contributed by atoms with E-state index in [-0.39, 0.29) is 24.0 Å². The summed E-state index contributed by atoms with van der Waals surface area (Å²) in [6.45, 7) is 3.02. The van der Waals surface area contributed by atoms with Crippen molar-refractivity contribution in [1.29, 1.82) is 0 Å². The van der Waals surface area contributed by atoms with Crippen LogP contribution in [-0.4, -0.2) is 30.6 Å². The zero-order valence-corrected chi connectivity index (χ0v) is 16.3. The zero-order chi connectivity index (χ0) is 13.7. The van der Waals surface area contributed by atoms with E-state index < -0.39 is 0 Å². The largest absolute Gasteiger partial charge is 0.354 e. The smallest absolute Gasteiger partial charge is 0.191 e. The molecule has 0 spiro atoms. The molecule has 1 aromatic heterocycles. The number of aryl methyl sites for hydroxylation is 1. The molecule has 6 heteroatoms. The molecule has 1 aliphatic carbocycles. The van der Waals surface area contributed by atoms with Crippen LogP contribution in [0.25, 0.3) is 0 Å². The van der Waals surface area contributed by atoms with Gasteiger partial charge in [-0.3, -0.25) is 4.99 Å². The van der Waals surface area contributed by atoms with Crippen molar-refractivity contribution >= 4 is 53.0 Å². The molecule has 2 unspecified atom stereocenters. The summed E-state index contributed by atoms with van der Waals surface area (Å²) in [5.41, 5.74) is 1.36. The lowest BCUT2D eigenvalue weighted by molar-refractivity contribution is 0.615. The molecular formula is C14H24IN3S2. The van der Waals surface area contributed by atoms with E-state index in [1.165, 1.54) is 29.7 Å². The van der Waals surface area contributed by atoms with Gasteiger partial charge in [0.25, 0.3) is 0 Å². The Labute approximate surface area is 147 Å². The first kappa shape index (κ1) is 18.1. The van der Waals surface area contributed by atoms with Crippen molar-refractivity contribution in [3.05, 3.63) is 21.9 Å². The third kappa shape index (κ3) is 5.11. The molecule has 0 radical (unpaired) electrons. The minimum absolute atomic E-state index is 0. The molecule has 2 N–H and O–H groups in total. The summed E-state index contributed by atoms with van der Waals surface area (Å²) in [5, 5.41) is 9.91. The standard InChI is InChI=1S/C14H23N3S2.HI/c1-10-6-7-19-13(10)9-16-14(15-2)17-11-4-5-12(8-11)18-3;/h6-7,11-12H,4-5,8-9H2,1-3H3,(H2,15,16,17);1H. The summed E-state index contributed by atoms with van der Waals surface area (Å²) in [4.78, 5) is 5.71. The number of thioether (sulfide) groups is 1. The van der Waals surface area contributed by atoms with Gasteiger partial charge in [0, 0.05) is 23.2 Å². The molecule has 2 atom stereocenters. The number of hydrogen-bond acceptors (Lipinski definition) is 3. The van der Waals surface area contributed by atoms with Gasteiger partial charge in [-0.05, 0) is 49.5 Å². The first-order valence-corrected chi connectivity index (χ1v) is 8.92. The quantitative estimate of drug-likeness (QED) is 0.440. The highest BCUT2D eigenvalue weighted by Crippen LogP contribution is 2.28. The number of thiophene rings is 1. The molecule has 0 aromatic carbocycles. The van der Waals surface area contributed by atoms with Crippen molar-refractivity contribution in [2.24, 2.45) is 4.99 Å². The molecule has 0 saturated heterocycles. The van der Waals surface area contributed by atoms with Crippen molar-refractivity contribution in [2.45, 2.75) is 44.0 Å². The maximum atomic E-state index is 4.32. The fourth-order valence-corrected chi connectivity index (χ4v) is 4.06. The van der Waals surface area contributed by atoms with E-state index in [4.69, 9.17) is 0 Å². The van der Waals surface area contributed by atoms with Crippen LogP contribution in [0.3, 0.4) is 0 Å². The molecule has 114 valence electrons. The van der Waals surface area contributed by atoms with Crippen molar-refractivity contribution in [3.8, 4) is 0 Å². The molecule has 1 aliphatic rings. The van der Waals surface area contributed by atoms with Crippen molar-refractivity contribution in [3.63, 3.8) is 0 Å². The highest BCUT2D eigenvalue weighted by molar-refractivity contribution is 14.0. The third-order valence-corrected chi connectivity index (χ3v) is 5.78. The molecule has 1 saturated carbocycles. The van der Waals surface area contributed by atoms with Crippen LogP contribution in [0.5, 0.6) is 0 Å². The number of rotatable bonds is 4. The molecule has 1 heterocycles. The first-order chi connectivity index (χ1) is 9.22. The Balaban J connectivity index is 0.00000200. The summed E-state index contributed by atoms with van der Waals surface area (Å²) in [7, 11) is 1.84. The van der Waals surface area contributed by atoms with Gasteiger partial charge in [0.15, 0.2) is 5.96 Å². The highest BCUT2D eigenvalue weighted by Gasteiger charge is 2.24. The molecule has 1 aromatic rings. The van der Waals surface area contributed by atoms with E-state index in [1.54, 1.807) is 11.3 Å². The van der Waals surface area contributed by atoms with Crippen LogP contribution in [-0.2, 0) is 6.54 Å². The fourth-order valence-electron chi connectivity index (χ4n) is 2.42. The molecule has 3 nitrogen and oxygen atoms in total. The van der Waals surface area contributed by atoms with Crippen LogP contribution in [0.15, 0.2) is 16.4 Å².